The number of benzene rings is 3. The average Bonchev–Trinajstić information content (AvgIpc) is 2.72. The molecule has 152 valence electrons. The largest absolute Gasteiger partial charge is 0.311 e. The Balaban J connectivity index is 2.01. The highest BCUT2D eigenvalue weighted by molar-refractivity contribution is 7.88. The van der Waals surface area contributed by atoms with Crippen LogP contribution in [0, 0.1) is 5.82 Å². The third-order valence-electron chi connectivity index (χ3n) is 5.00. The van der Waals surface area contributed by atoms with Crippen LogP contribution in [0.4, 0.5) is 4.39 Å². The zero-order valence-electron chi connectivity index (χ0n) is 16.5. The van der Waals surface area contributed by atoms with Crippen LogP contribution in [0.25, 0.3) is 0 Å². The fourth-order valence-electron chi connectivity index (χ4n) is 3.54. The fraction of sp³-hybridized carbons (Fsp3) is 0.217. The number of hydrogen-bond donors (Lipinski definition) is 1. The summed E-state index contributed by atoms with van der Waals surface area (Å²) >= 11 is 0. The van der Waals surface area contributed by atoms with Crippen molar-refractivity contribution < 1.29 is 12.8 Å². The number of halogens is 1. The predicted molar refractivity (Wildman–Crippen MR) is 114 cm³/mol. The number of hydrogen-bond acceptors (Lipinski definition) is 3. The molecule has 0 saturated carbocycles. The van der Waals surface area contributed by atoms with Crippen molar-refractivity contribution in [2.75, 3.05) is 14.1 Å². The van der Waals surface area contributed by atoms with Gasteiger partial charge in [-0.1, -0.05) is 72.8 Å². The molecule has 29 heavy (non-hydrogen) atoms. The van der Waals surface area contributed by atoms with E-state index in [2.05, 4.69) is 5.32 Å². The van der Waals surface area contributed by atoms with Gasteiger partial charge in [-0.2, -0.15) is 4.31 Å². The minimum atomic E-state index is -3.71. The van der Waals surface area contributed by atoms with Crippen LogP contribution in [0.2, 0.25) is 0 Å². The van der Waals surface area contributed by atoms with Gasteiger partial charge in [0.2, 0.25) is 10.0 Å². The molecule has 0 aliphatic heterocycles. The van der Waals surface area contributed by atoms with E-state index in [1.807, 2.05) is 67.7 Å². The highest BCUT2D eigenvalue weighted by Gasteiger charge is 2.34. The lowest BCUT2D eigenvalue weighted by Crippen LogP contribution is -2.39. The standard InChI is InChI=1S/C23H25FN2O2S/c1-25-22(19-11-5-3-6-12-19)23(20-13-7-4-8-14-20)26(2)29(27,28)17-18-10-9-15-21(24)16-18/h3-16,22-23,25H,17H2,1-2H3. The summed E-state index contributed by atoms with van der Waals surface area (Å²) in [6.45, 7) is 0. The molecule has 4 nitrogen and oxygen atoms in total. The van der Waals surface area contributed by atoms with Crippen LogP contribution in [-0.2, 0) is 15.8 Å². The van der Waals surface area contributed by atoms with Crippen molar-refractivity contribution in [3.8, 4) is 0 Å². The van der Waals surface area contributed by atoms with Gasteiger partial charge in [-0.3, -0.25) is 0 Å². The molecule has 0 aliphatic rings. The molecule has 0 radical (unpaired) electrons. The van der Waals surface area contributed by atoms with Gasteiger partial charge >= 0.3 is 0 Å². The van der Waals surface area contributed by atoms with E-state index >= 15 is 0 Å². The lowest BCUT2D eigenvalue weighted by Gasteiger charge is -2.34. The molecule has 2 atom stereocenters. The van der Waals surface area contributed by atoms with Crippen molar-refractivity contribution in [3.05, 3.63) is 107 Å². The van der Waals surface area contributed by atoms with Crippen LogP contribution in [0.5, 0.6) is 0 Å². The molecule has 0 amide bonds. The Bertz CT molecular complexity index is 1030. The molecule has 3 rings (SSSR count). The number of sulfonamides is 1. The van der Waals surface area contributed by atoms with Gasteiger partial charge in [-0.05, 0) is 35.9 Å². The summed E-state index contributed by atoms with van der Waals surface area (Å²) in [4.78, 5) is 0. The number of likely N-dealkylation sites (N-methyl/N-ethyl adjacent to an activating group) is 2. The maximum Gasteiger partial charge on any atom is 0.218 e. The predicted octanol–water partition coefficient (Wildman–Crippen LogP) is 4.29. The van der Waals surface area contributed by atoms with Crippen LogP contribution in [0.1, 0.15) is 28.8 Å². The van der Waals surface area contributed by atoms with Crippen LogP contribution in [0.3, 0.4) is 0 Å². The summed E-state index contributed by atoms with van der Waals surface area (Å²) in [6, 6.07) is 24.3. The van der Waals surface area contributed by atoms with E-state index in [1.165, 1.54) is 22.5 Å². The van der Waals surface area contributed by atoms with Gasteiger partial charge in [-0.15, -0.1) is 0 Å². The molecule has 6 heteroatoms. The molecule has 2 unspecified atom stereocenters. The van der Waals surface area contributed by atoms with Crippen molar-refractivity contribution in [1.29, 1.82) is 0 Å². The molecule has 0 spiro atoms. The molecule has 0 aliphatic carbocycles. The first-order valence-corrected chi connectivity index (χ1v) is 11.0. The zero-order valence-corrected chi connectivity index (χ0v) is 17.3. The van der Waals surface area contributed by atoms with Gasteiger partial charge in [0.05, 0.1) is 17.8 Å². The molecular weight excluding hydrogens is 387 g/mol. The summed E-state index contributed by atoms with van der Waals surface area (Å²) in [6.07, 6.45) is 0. The van der Waals surface area contributed by atoms with Crippen LogP contribution >= 0.6 is 0 Å². The SMILES string of the molecule is CNC(c1ccccc1)C(c1ccccc1)N(C)S(=O)(=O)Cc1cccc(F)c1. The molecule has 3 aromatic rings. The smallest absolute Gasteiger partial charge is 0.218 e. The Labute approximate surface area is 172 Å². The second-order valence-corrected chi connectivity index (χ2v) is 8.96. The van der Waals surface area contributed by atoms with Crippen molar-refractivity contribution in [1.82, 2.24) is 9.62 Å². The topological polar surface area (TPSA) is 49.4 Å². The van der Waals surface area contributed by atoms with E-state index in [4.69, 9.17) is 0 Å². The monoisotopic (exact) mass is 412 g/mol. The van der Waals surface area contributed by atoms with Crippen molar-refractivity contribution >= 4 is 10.0 Å². The molecule has 0 heterocycles. The van der Waals surface area contributed by atoms with E-state index in [0.29, 0.717) is 5.56 Å². The van der Waals surface area contributed by atoms with Crippen molar-refractivity contribution in [2.45, 2.75) is 17.8 Å². The van der Waals surface area contributed by atoms with Gasteiger partial charge in [0.25, 0.3) is 0 Å². The number of nitrogens with zero attached hydrogens (tertiary/aromatic N) is 1. The van der Waals surface area contributed by atoms with E-state index in [-0.39, 0.29) is 11.8 Å². The maximum atomic E-state index is 13.6. The Morgan fingerprint density at radius 2 is 1.48 bits per heavy atom. The second-order valence-electron chi connectivity index (χ2n) is 6.93. The molecule has 0 aromatic heterocycles. The summed E-state index contributed by atoms with van der Waals surface area (Å²) < 4.78 is 41.4. The minimum Gasteiger partial charge on any atom is -0.311 e. The van der Waals surface area contributed by atoms with E-state index < -0.39 is 21.9 Å². The summed E-state index contributed by atoms with van der Waals surface area (Å²) in [5.41, 5.74) is 2.28. The molecule has 0 fully saturated rings. The number of rotatable bonds is 8. The highest BCUT2D eigenvalue weighted by Crippen LogP contribution is 2.35. The lowest BCUT2D eigenvalue weighted by atomic mass is 9.93. The zero-order chi connectivity index (χ0) is 20.9. The van der Waals surface area contributed by atoms with Gasteiger partial charge in [0.1, 0.15) is 5.82 Å². The van der Waals surface area contributed by atoms with Crippen LogP contribution < -0.4 is 5.32 Å². The first kappa shape index (κ1) is 21.2. The third kappa shape index (κ3) is 5.09. The maximum absolute atomic E-state index is 13.6. The minimum absolute atomic E-state index is 0.258. The Hall–Kier alpha value is -2.54. The Morgan fingerprint density at radius 3 is 2.03 bits per heavy atom. The van der Waals surface area contributed by atoms with Gasteiger partial charge in [0.15, 0.2) is 0 Å². The Morgan fingerprint density at radius 1 is 0.897 bits per heavy atom. The normalized spacial score (nSPS) is 13.9. The molecule has 0 saturated heterocycles. The Kier molecular flexibility index (Phi) is 6.79. The lowest BCUT2D eigenvalue weighted by molar-refractivity contribution is 0.301. The first-order valence-electron chi connectivity index (χ1n) is 9.39. The van der Waals surface area contributed by atoms with E-state index in [9.17, 15) is 12.8 Å². The average molecular weight is 413 g/mol. The fourth-order valence-corrected chi connectivity index (χ4v) is 4.94. The highest BCUT2D eigenvalue weighted by atomic mass is 32.2. The number of nitrogens with one attached hydrogen (secondary N) is 1. The van der Waals surface area contributed by atoms with Crippen LogP contribution in [0.15, 0.2) is 84.9 Å². The summed E-state index contributed by atoms with van der Waals surface area (Å²) in [5, 5.41) is 3.28. The van der Waals surface area contributed by atoms with Crippen LogP contribution in [-0.4, -0.2) is 26.8 Å². The quantitative estimate of drug-likeness (QED) is 0.601. The van der Waals surface area contributed by atoms with Crippen molar-refractivity contribution in [2.24, 2.45) is 0 Å². The van der Waals surface area contributed by atoms with Gasteiger partial charge in [-0.25, -0.2) is 12.8 Å². The third-order valence-corrected chi connectivity index (χ3v) is 6.80. The molecular formula is C23H25FN2O2S. The van der Waals surface area contributed by atoms with E-state index in [0.717, 1.165) is 11.1 Å². The van der Waals surface area contributed by atoms with Gasteiger partial charge in [0, 0.05) is 7.05 Å². The first-order chi connectivity index (χ1) is 13.9. The summed E-state index contributed by atoms with van der Waals surface area (Å²) in [5.74, 6) is -0.715. The second kappa shape index (κ2) is 9.31. The molecule has 0 bridgehead atoms. The molecule has 3 aromatic carbocycles. The van der Waals surface area contributed by atoms with E-state index in [1.54, 1.807) is 13.1 Å². The summed E-state index contributed by atoms with van der Waals surface area (Å²) in [7, 11) is -0.311. The van der Waals surface area contributed by atoms with Gasteiger partial charge < -0.3 is 5.32 Å². The van der Waals surface area contributed by atoms with Crippen molar-refractivity contribution in [3.63, 3.8) is 0 Å². The molecule has 1 N–H and O–H groups in total.